The lowest BCUT2D eigenvalue weighted by Gasteiger charge is -2.36. The first-order valence-electron chi connectivity index (χ1n) is 13.0. The van der Waals surface area contributed by atoms with Crippen LogP contribution < -0.4 is 11.1 Å². The van der Waals surface area contributed by atoms with E-state index in [1.807, 2.05) is 18.3 Å². The maximum atomic E-state index is 11.5. The smallest absolute Gasteiger partial charge is 0.309 e. The Labute approximate surface area is 222 Å². The molecule has 0 spiro atoms. The average Bonchev–Trinajstić information content (AvgIpc) is 3.43. The summed E-state index contributed by atoms with van der Waals surface area (Å²) in [5.41, 5.74) is 7.27. The van der Waals surface area contributed by atoms with Crippen molar-refractivity contribution in [2.45, 2.75) is 52.4 Å². The molecule has 3 aromatic rings. The van der Waals surface area contributed by atoms with E-state index in [4.69, 9.17) is 15.9 Å². The number of hydrogen-bond acceptors (Lipinski definition) is 5. The van der Waals surface area contributed by atoms with Crippen LogP contribution in [0.25, 0.3) is 16.6 Å². The van der Waals surface area contributed by atoms with Crippen molar-refractivity contribution in [3.8, 4) is 5.69 Å². The number of carboxylic acid groups (broad SMARTS) is 2. The summed E-state index contributed by atoms with van der Waals surface area (Å²) in [6.07, 6.45) is 5.28. The van der Waals surface area contributed by atoms with E-state index in [0.717, 1.165) is 24.2 Å². The Morgan fingerprint density at radius 3 is 2.29 bits per heavy atom. The van der Waals surface area contributed by atoms with Crippen LogP contribution in [0.5, 0.6) is 0 Å². The Morgan fingerprint density at radius 2 is 1.76 bits per heavy atom. The number of hydrogen-bond donors (Lipinski definition) is 4. The minimum Gasteiger partial charge on any atom is -0.481 e. The Morgan fingerprint density at radius 1 is 1.05 bits per heavy atom. The second kappa shape index (κ2) is 10.6. The summed E-state index contributed by atoms with van der Waals surface area (Å²) in [4.78, 5) is 33.6. The molecule has 2 aliphatic rings. The molecule has 202 valence electrons. The van der Waals surface area contributed by atoms with Crippen molar-refractivity contribution in [2.24, 2.45) is 22.5 Å². The third-order valence-corrected chi connectivity index (χ3v) is 8.72. The molecule has 2 heterocycles. The van der Waals surface area contributed by atoms with Crippen LogP contribution in [0, 0.1) is 16.7 Å². The fourth-order valence-electron chi connectivity index (χ4n) is 5.73. The SMILES string of the molecule is CC1(C)[C@@H](C(=O)O)CC[C@@]1(C)C(=O)O.NC(=O)c1cccc2cn(-c3ccc([C@@H]4CCCNC4)cc3)nc12. The predicted molar refractivity (Wildman–Crippen MR) is 144 cm³/mol. The van der Waals surface area contributed by atoms with Gasteiger partial charge in [-0.25, -0.2) is 4.68 Å². The first kappa shape index (κ1) is 27.3. The van der Waals surface area contributed by atoms with Gasteiger partial charge >= 0.3 is 11.9 Å². The zero-order valence-electron chi connectivity index (χ0n) is 22.1. The van der Waals surface area contributed by atoms with Crippen molar-refractivity contribution >= 4 is 28.7 Å². The molecular weight excluding hydrogens is 484 g/mol. The number of carbonyl (C=O) groups excluding carboxylic acids is 1. The second-order valence-electron chi connectivity index (χ2n) is 11.1. The van der Waals surface area contributed by atoms with Gasteiger partial charge in [-0.05, 0) is 74.2 Å². The van der Waals surface area contributed by atoms with Gasteiger partial charge in [0.05, 0.1) is 22.6 Å². The molecule has 5 N–H and O–H groups in total. The number of nitrogens with zero attached hydrogens (tertiary/aromatic N) is 2. The average molecular weight is 521 g/mol. The van der Waals surface area contributed by atoms with Gasteiger partial charge < -0.3 is 21.3 Å². The van der Waals surface area contributed by atoms with Crippen LogP contribution in [0.4, 0.5) is 0 Å². The van der Waals surface area contributed by atoms with E-state index in [1.165, 1.54) is 18.4 Å². The number of aliphatic carboxylic acids is 2. The number of aromatic nitrogens is 2. The number of amides is 1. The van der Waals surface area contributed by atoms with Crippen LogP contribution in [-0.4, -0.2) is 50.9 Å². The molecule has 1 amide bonds. The summed E-state index contributed by atoms with van der Waals surface area (Å²) >= 11 is 0. The van der Waals surface area contributed by atoms with Gasteiger partial charge in [-0.3, -0.25) is 14.4 Å². The molecule has 0 unspecified atom stereocenters. The van der Waals surface area contributed by atoms with Crippen molar-refractivity contribution in [1.82, 2.24) is 15.1 Å². The Bertz CT molecular complexity index is 1340. The maximum Gasteiger partial charge on any atom is 0.309 e. The molecule has 2 aromatic carbocycles. The predicted octanol–water partition coefficient (Wildman–Crippen LogP) is 4.19. The van der Waals surface area contributed by atoms with Gasteiger partial charge in [0, 0.05) is 18.1 Å². The molecule has 9 heteroatoms. The van der Waals surface area contributed by atoms with Gasteiger partial charge in [-0.1, -0.05) is 38.1 Å². The number of carbonyl (C=O) groups is 3. The standard InChI is InChI=1S/C19H20N4O.C10H16O4/c20-19(24)17-5-1-3-15-12-23(22-18(15)17)16-8-6-13(7-9-16)14-4-2-10-21-11-14;1-9(2)6(7(11)12)4-5-10(9,3)8(13)14/h1,3,5-9,12,14,21H,2,4,10-11H2,(H2,20,24);6H,4-5H2,1-3H3,(H,11,12)(H,13,14)/t14-;6-,10+/m11/s1. The van der Waals surface area contributed by atoms with Crippen LogP contribution in [0.2, 0.25) is 0 Å². The van der Waals surface area contributed by atoms with E-state index in [2.05, 4.69) is 34.7 Å². The molecule has 9 nitrogen and oxygen atoms in total. The number of carboxylic acids is 2. The summed E-state index contributed by atoms with van der Waals surface area (Å²) in [5.74, 6) is -2.20. The van der Waals surface area contributed by atoms with E-state index in [1.54, 1.807) is 31.5 Å². The zero-order chi connectivity index (χ0) is 27.7. The van der Waals surface area contributed by atoms with Crippen LogP contribution in [0.15, 0.2) is 48.7 Å². The largest absolute Gasteiger partial charge is 0.481 e. The maximum absolute atomic E-state index is 11.5. The lowest BCUT2D eigenvalue weighted by molar-refractivity contribution is -0.157. The van der Waals surface area contributed by atoms with E-state index in [0.29, 0.717) is 29.8 Å². The Hall–Kier alpha value is -3.72. The van der Waals surface area contributed by atoms with Gasteiger partial charge in [0.15, 0.2) is 0 Å². The summed E-state index contributed by atoms with van der Waals surface area (Å²) in [6.45, 7) is 7.27. The minimum atomic E-state index is -0.921. The van der Waals surface area contributed by atoms with Gasteiger partial charge in [0.1, 0.15) is 5.52 Å². The zero-order valence-corrected chi connectivity index (χ0v) is 22.1. The summed E-state index contributed by atoms with van der Waals surface area (Å²) in [7, 11) is 0. The number of piperidine rings is 1. The quantitative estimate of drug-likeness (QED) is 0.394. The number of nitrogens with two attached hydrogens (primary N) is 1. The molecule has 1 saturated heterocycles. The van der Waals surface area contributed by atoms with Gasteiger partial charge in [-0.15, -0.1) is 0 Å². The fraction of sp³-hybridized carbons (Fsp3) is 0.448. The lowest BCUT2D eigenvalue weighted by atomic mass is 9.66. The van der Waals surface area contributed by atoms with Crippen LogP contribution in [0.3, 0.4) is 0 Å². The van der Waals surface area contributed by atoms with Crippen molar-refractivity contribution in [3.05, 3.63) is 59.8 Å². The van der Waals surface area contributed by atoms with Crippen LogP contribution in [-0.2, 0) is 9.59 Å². The minimum absolute atomic E-state index is 0.437. The number of rotatable bonds is 5. The molecule has 1 aliphatic carbocycles. The van der Waals surface area contributed by atoms with Crippen molar-refractivity contribution < 1.29 is 24.6 Å². The van der Waals surface area contributed by atoms with Gasteiger partial charge in [0.25, 0.3) is 5.91 Å². The first-order chi connectivity index (χ1) is 18.0. The fourth-order valence-corrected chi connectivity index (χ4v) is 5.73. The summed E-state index contributed by atoms with van der Waals surface area (Å²) in [5, 5.41) is 27.0. The third-order valence-electron chi connectivity index (χ3n) is 8.72. The van der Waals surface area contributed by atoms with E-state index in [9.17, 15) is 14.4 Å². The van der Waals surface area contributed by atoms with Crippen molar-refractivity contribution in [3.63, 3.8) is 0 Å². The molecule has 2 fully saturated rings. The van der Waals surface area contributed by atoms with Gasteiger partial charge in [-0.2, -0.15) is 5.10 Å². The van der Waals surface area contributed by atoms with Crippen molar-refractivity contribution in [1.29, 1.82) is 0 Å². The topological polar surface area (TPSA) is 148 Å². The number of benzene rings is 2. The molecule has 3 atom stereocenters. The number of fused-ring (bicyclic) bond motifs is 1. The molecule has 0 bridgehead atoms. The highest BCUT2D eigenvalue weighted by Crippen LogP contribution is 2.56. The van der Waals surface area contributed by atoms with E-state index >= 15 is 0 Å². The highest BCUT2D eigenvalue weighted by Gasteiger charge is 2.58. The Kier molecular flexibility index (Phi) is 7.60. The van der Waals surface area contributed by atoms with Crippen LogP contribution in [0.1, 0.15) is 68.3 Å². The third kappa shape index (κ3) is 5.03. The molecule has 38 heavy (non-hydrogen) atoms. The normalized spacial score (nSPS) is 24.4. The highest BCUT2D eigenvalue weighted by atomic mass is 16.4. The van der Waals surface area contributed by atoms with Gasteiger partial charge in [0.2, 0.25) is 0 Å². The molecule has 1 saturated carbocycles. The molecule has 1 aliphatic heterocycles. The number of nitrogens with one attached hydrogen (secondary N) is 1. The molecule has 1 aromatic heterocycles. The second-order valence-corrected chi connectivity index (χ2v) is 11.1. The molecule has 5 rings (SSSR count). The first-order valence-corrected chi connectivity index (χ1v) is 13.0. The van der Waals surface area contributed by atoms with Crippen LogP contribution >= 0.6 is 0 Å². The summed E-state index contributed by atoms with van der Waals surface area (Å²) in [6, 6.07) is 14.0. The number of primary amides is 1. The molecular formula is C29H36N4O5. The highest BCUT2D eigenvalue weighted by molar-refractivity contribution is 6.04. The lowest BCUT2D eigenvalue weighted by Crippen LogP contribution is -2.42. The van der Waals surface area contributed by atoms with Crippen molar-refractivity contribution in [2.75, 3.05) is 13.1 Å². The monoisotopic (exact) mass is 520 g/mol. The van der Waals surface area contributed by atoms with E-state index in [-0.39, 0.29) is 0 Å². The Balaban J connectivity index is 0.000000206. The summed E-state index contributed by atoms with van der Waals surface area (Å²) < 4.78 is 1.81. The van der Waals surface area contributed by atoms with E-state index < -0.39 is 34.6 Å². The molecule has 0 radical (unpaired) electrons.